The van der Waals surface area contributed by atoms with E-state index in [0.717, 1.165) is 6.42 Å². The summed E-state index contributed by atoms with van der Waals surface area (Å²) in [6.07, 6.45) is 25.9. The van der Waals surface area contributed by atoms with Crippen molar-refractivity contribution in [3.05, 3.63) is 43.4 Å². The van der Waals surface area contributed by atoms with Gasteiger partial charge in [-0.3, -0.25) is 0 Å². The Morgan fingerprint density at radius 2 is 1.22 bits per heavy atom. The molecule has 0 aromatic carbocycles. The van der Waals surface area contributed by atoms with Crippen molar-refractivity contribution in [1.29, 1.82) is 0 Å². The third-order valence-corrected chi connectivity index (χ3v) is 2.95. The van der Waals surface area contributed by atoms with Gasteiger partial charge in [-0.05, 0) is 25.7 Å². The summed E-state index contributed by atoms with van der Waals surface area (Å²) < 4.78 is 0. The first kappa shape index (κ1) is 17.2. The average molecular weight is 247 g/mol. The molecule has 0 spiro atoms. The maximum atomic E-state index is 3.86. The van der Waals surface area contributed by atoms with Gasteiger partial charge in [0.15, 0.2) is 0 Å². The summed E-state index contributed by atoms with van der Waals surface area (Å²) in [4.78, 5) is 0. The molecule has 103 valence electrons. The molecular formula is C18H31. The molecule has 0 fully saturated rings. The normalized spacial score (nSPS) is 12.3. The molecule has 0 heterocycles. The predicted octanol–water partition coefficient (Wildman–Crippen LogP) is 6.41. The molecule has 0 aliphatic rings. The predicted molar refractivity (Wildman–Crippen MR) is 84.6 cm³/mol. The van der Waals surface area contributed by atoms with Crippen LogP contribution in [0.15, 0.2) is 36.5 Å². The molecule has 18 heavy (non-hydrogen) atoms. The molecule has 0 aliphatic heterocycles. The molecule has 0 heteroatoms. The van der Waals surface area contributed by atoms with Crippen LogP contribution in [0.5, 0.6) is 0 Å². The minimum atomic E-state index is 1.09. The van der Waals surface area contributed by atoms with Crippen molar-refractivity contribution >= 4 is 0 Å². The Morgan fingerprint density at radius 1 is 0.667 bits per heavy atom. The van der Waals surface area contributed by atoms with Crippen LogP contribution in [0.2, 0.25) is 0 Å². The summed E-state index contributed by atoms with van der Waals surface area (Å²) in [6.45, 7) is 6.10. The van der Waals surface area contributed by atoms with E-state index in [0.29, 0.717) is 0 Å². The minimum absolute atomic E-state index is 1.09. The highest BCUT2D eigenvalue weighted by molar-refractivity contribution is 5.10. The lowest BCUT2D eigenvalue weighted by Gasteiger charge is -1.95. The molecule has 0 unspecified atom stereocenters. The van der Waals surface area contributed by atoms with E-state index < -0.39 is 0 Å². The van der Waals surface area contributed by atoms with Crippen LogP contribution in [-0.4, -0.2) is 0 Å². The fourth-order valence-corrected chi connectivity index (χ4v) is 1.78. The van der Waals surface area contributed by atoms with Gasteiger partial charge in [-0.25, -0.2) is 0 Å². The van der Waals surface area contributed by atoms with Crippen LogP contribution in [0.1, 0.15) is 71.1 Å². The number of unbranched alkanes of at least 4 members (excludes halogenated alkanes) is 8. The first-order chi connectivity index (χ1) is 8.91. The van der Waals surface area contributed by atoms with E-state index in [4.69, 9.17) is 0 Å². The van der Waals surface area contributed by atoms with Crippen molar-refractivity contribution < 1.29 is 0 Å². The van der Waals surface area contributed by atoms with Crippen LogP contribution < -0.4 is 0 Å². The number of hydrogen-bond donors (Lipinski definition) is 0. The minimum Gasteiger partial charge on any atom is -0.0845 e. The van der Waals surface area contributed by atoms with Gasteiger partial charge in [0.2, 0.25) is 0 Å². The van der Waals surface area contributed by atoms with E-state index >= 15 is 0 Å². The van der Waals surface area contributed by atoms with Crippen molar-refractivity contribution in [2.75, 3.05) is 0 Å². The Kier molecular flexibility index (Phi) is 15.5. The summed E-state index contributed by atoms with van der Waals surface area (Å²) in [6, 6.07) is 0. The van der Waals surface area contributed by atoms with Gasteiger partial charge < -0.3 is 0 Å². The fraction of sp³-hybridized carbons (Fsp3) is 0.611. The Labute approximate surface area is 115 Å². The van der Waals surface area contributed by atoms with Gasteiger partial charge in [0.25, 0.3) is 0 Å². The second-order valence-corrected chi connectivity index (χ2v) is 4.79. The van der Waals surface area contributed by atoms with Gasteiger partial charge >= 0.3 is 0 Å². The van der Waals surface area contributed by atoms with Crippen LogP contribution >= 0.6 is 0 Å². The standard InChI is InChI=1S/C18H31/c1-3-5-7-9-11-13-15-17-18-16-14-12-10-8-6-4-2/h12,14-18H,1,3-11,13H2,2H3/b14-12+,17-15+,18-16-. The Morgan fingerprint density at radius 3 is 1.78 bits per heavy atom. The van der Waals surface area contributed by atoms with Crippen LogP contribution in [0.3, 0.4) is 0 Å². The molecule has 0 saturated heterocycles. The Hall–Kier alpha value is -0.780. The van der Waals surface area contributed by atoms with E-state index in [1.807, 2.05) is 0 Å². The molecular weight excluding hydrogens is 216 g/mol. The number of allylic oxidation sites excluding steroid dienone is 6. The monoisotopic (exact) mass is 247 g/mol. The molecule has 0 nitrogen and oxygen atoms in total. The van der Waals surface area contributed by atoms with Gasteiger partial charge in [0.05, 0.1) is 0 Å². The molecule has 0 aromatic heterocycles. The average Bonchev–Trinajstić information content (AvgIpc) is 2.39. The van der Waals surface area contributed by atoms with Crippen molar-refractivity contribution in [2.24, 2.45) is 0 Å². The third-order valence-electron chi connectivity index (χ3n) is 2.95. The van der Waals surface area contributed by atoms with E-state index in [1.54, 1.807) is 0 Å². The van der Waals surface area contributed by atoms with E-state index in [-0.39, 0.29) is 0 Å². The van der Waals surface area contributed by atoms with Gasteiger partial charge in [-0.15, -0.1) is 0 Å². The lowest BCUT2D eigenvalue weighted by Crippen LogP contribution is -1.75. The highest BCUT2D eigenvalue weighted by atomic mass is 13.9. The zero-order valence-corrected chi connectivity index (χ0v) is 12.2. The molecule has 0 amide bonds. The summed E-state index contributed by atoms with van der Waals surface area (Å²) in [5.41, 5.74) is 0. The van der Waals surface area contributed by atoms with Crippen molar-refractivity contribution in [3.63, 3.8) is 0 Å². The summed E-state index contributed by atoms with van der Waals surface area (Å²) in [5.74, 6) is 0. The lowest BCUT2D eigenvalue weighted by atomic mass is 10.1. The smallest absolute Gasteiger partial charge is 0.0348 e. The summed E-state index contributed by atoms with van der Waals surface area (Å²) in [7, 11) is 0. The van der Waals surface area contributed by atoms with E-state index in [2.05, 4.69) is 50.3 Å². The molecule has 0 bridgehead atoms. The quantitative estimate of drug-likeness (QED) is 0.276. The van der Waals surface area contributed by atoms with E-state index in [1.165, 1.54) is 57.8 Å². The fourth-order valence-electron chi connectivity index (χ4n) is 1.78. The number of rotatable bonds is 12. The largest absolute Gasteiger partial charge is 0.0845 e. The molecule has 0 aliphatic carbocycles. The van der Waals surface area contributed by atoms with Crippen LogP contribution in [0, 0.1) is 6.92 Å². The summed E-state index contributed by atoms with van der Waals surface area (Å²) >= 11 is 0. The van der Waals surface area contributed by atoms with Crippen molar-refractivity contribution in [1.82, 2.24) is 0 Å². The molecule has 0 N–H and O–H groups in total. The second-order valence-electron chi connectivity index (χ2n) is 4.79. The van der Waals surface area contributed by atoms with Crippen LogP contribution in [0.4, 0.5) is 0 Å². The van der Waals surface area contributed by atoms with Gasteiger partial charge in [0.1, 0.15) is 0 Å². The molecule has 1 radical (unpaired) electrons. The lowest BCUT2D eigenvalue weighted by molar-refractivity contribution is 0.651. The Balaban J connectivity index is 3.29. The highest BCUT2D eigenvalue weighted by Gasteiger charge is 1.85. The van der Waals surface area contributed by atoms with Gasteiger partial charge in [-0.1, -0.05) is 88.8 Å². The zero-order chi connectivity index (χ0) is 13.3. The van der Waals surface area contributed by atoms with Crippen LogP contribution in [-0.2, 0) is 0 Å². The first-order valence-corrected chi connectivity index (χ1v) is 7.69. The van der Waals surface area contributed by atoms with Gasteiger partial charge in [-0.2, -0.15) is 0 Å². The Bertz CT molecular complexity index is 220. The van der Waals surface area contributed by atoms with Gasteiger partial charge in [0, 0.05) is 0 Å². The highest BCUT2D eigenvalue weighted by Crippen LogP contribution is 2.05. The summed E-state index contributed by atoms with van der Waals surface area (Å²) in [5, 5.41) is 0. The molecule has 0 atom stereocenters. The van der Waals surface area contributed by atoms with Crippen molar-refractivity contribution in [3.8, 4) is 0 Å². The second kappa shape index (κ2) is 16.2. The van der Waals surface area contributed by atoms with Crippen molar-refractivity contribution in [2.45, 2.75) is 71.1 Å². The molecule has 0 aromatic rings. The van der Waals surface area contributed by atoms with Crippen LogP contribution in [0.25, 0.3) is 0 Å². The van der Waals surface area contributed by atoms with E-state index in [9.17, 15) is 0 Å². The SMILES string of the molecule is [CH2]CCCCCC/C=C/C=C\C=C\CCCCC. The maximum Gasteiger partial charge on any atom is -0.0348 e. The zero-order valence-electron chi connectivity index (χ0n) is 12.2. The first-order valence-electron chi connectivity index (χ1n) is 7.69. The maximum absolute atomic E-state index is 3.86. The molecule has 0 rings (SSSR count). The number of hydrogen-bond acceptors (Lipinski definition) is 0. The molecule has 0 saturated carbocycles. The third kappa shape index (κ3) is 15.2. The topological polar surface area (TPSA) is 0 Å².